The molecule has 2 nitrogen and oxygen atoms in total. The molecular weight excluding hydrogens is 234 g/mol. The summed E-state index contributed by atoms with van der Waals surface area (Å²) in [5, 5.41) is 2.42. The SMILES string of the molecule is O=C(Cc1cccc2ccccc12)N1CCCCC1. The largest absolute Gasteiger partial charge is 0.342 e. The maximum absolute atomic E-state index is 12.3. The van der Waals surface area contributed by atoms with Gasteiger partial charge < -0.3 is 4.90 Å². The number of rotatable bonds is 2. The van der Waals surface area contributed by atoms with Gasteiger partial charge in [0.2, 0.25) is 5.91 Å². The molecule has 1 amide bonds. The van der Waals surface area contributed by atoms with Crippen molar-refractivity contribution < 1.29 is 4.79 Å². The molecule has 0 bridgehead atoms. The van der Waals surface area contributed by atoms with Gasteiger partial charge in [0.1, 0.15) is 0 Å². The molecule has 2 aromatic carbocycles. The Hall–Kier alpha value is -1.83. The van der Waals surface area contributed by atoms with E-state index in [1.54, 1.807) is 0 Å². The second-order valence-electron chi connectivity index (χ2n) is 5.26. The van der Waals surface area contributed by atoms with Crippen LogP contribution in [0.25, 0.3) is 10.8 Å². The molecule has 0 N–H and O–H groups in total. The Labute approximate surface area is 114 Å². The van der Waals surface area contributed by atoms with Crippen LogP contribution in [-0.4, -0.2) is 23.9 Å². The number of hydrogen-bond donors (Lipinski definition) is 0. The van der Waals surface area contributed by atoms with Crippen molar-refractivity contribution in [3.63, 3.8) is 0 Å². The zero-order valence-corrected chi connectivity index (χ0v) is 11.1. The van der Waals surface area contributed by atoms with Gasteiger partial charge in [-0.25, -0.2) is 0 Å². The Balaban J connectivity index is 1.82. The molecule has 0 atom stereocenters. The highest BCUT2D eigenvalue weighted by Gasteiger charge is 2.17. The number of carbonyl (C=O) groups is 1. The number of piperidine rings is 1. The van der Waals surface area contributed by atoms with Crippen LogP contribution in [0.1, 0.15) is 24.8 Å². The fourth-order valence-electron chi connectivity index (χ4n) is 2.86. The van der Waals surface area contributed by atoms with Crippen LogP contribution in [0, 0.1) is 0 Å². The summed E-state index contributed by atoms with van der Waals surface area (Å²) in [5.74, 6) is 0.274. The van der Waals surface area contributed by atoms with Crippen LogP contribution >= 0.6 is 0 Å². The van der Waals surface area contributed by atoms with Crippen LogP contribution in [0.3, 0.4) is 0 Å². The van der Waals surface area contributed by atoms with Gasteiger partial charge >= 0.3 is 0 Å². The van der Waals surface area contributed by atoms with Crippen LogP contribution in [-0.2, 0) is 11.2 Å². The van der Waals surface area contributed by atoms with E-state index in [9.17, 15) is 4.79 Å². The lowest BCUT2D eigenvalue weighted by Gasteiger charge is -2.27. The third kappa shape index (κ3) is 2.62. The van der Waals surface area contributed by atoms with Crippen LogP contribution in [0.2, 0.25) is 0 Å². The molecule has 2 aromatic rings. The minimum atomic E-state index is 0.274. The summed E-state index contributed by atoms with van der Waals surface area (Å²) < 4.78 is 0. The number of hydrogen-bond acceptors (Lipinski definition) is 1. The molecule has 1 aliphatic rings. The van der Waals surface area contributed by atoms with Gasteiger partial charge in [-0.2, -0.15) is 0 Å². The molecule has 0 aliphatic carbocycles. The zero-order chi connectivity index (χ0) is 13.1. The fraction of sp³-hybridized carbons (Fsp3) is 0.353. The lowest BCUT2D eigenvalue weighted by Crippen LogP contribution is -2.36. The van der Waals surface area contributed by atoms with E-state index in [1.807, 2.05) is 23.1 Å². The minimum absolute atomic E-state index is 0.274. The Kier molecular flexibility index (Phi) is 3.49. The van der Waals surface area contributed by atoms with E-state index >= 15 is 0 Å². The molecule has 0 unspecified atom stereocenters. The van der Waals surface area contributed by atoms with Crippen molar-refractivity contribution in [3.8, 4) is 0 Å². The number of carbonyl (C=O) groups excluding carboxylic acids is 1. The standard InChI is InChI=1S/C17H19NO/c19-17(18-11-4-1-5-12-18)13-15-9-6-8-14-7-2-3-10-16(14)15/h2-3,6-10H,1,4-5,11-13H2. The van der Waals surface area contributed by atoms with E-state index in [2.05, 4.69) is 24.3 Å². The molecule has 3 rings (SSSR count). The quantitative estimate of drug-likeness (QED) is 0.803. The molecule has 1 heterocycles. The van der Waals surface area contributed by atoms with E-state index in [0.717, 1.165) is 31.5 Å². The Morgan fingerprint density at radius 1 is 0.947 bits per heavy atom. The number of likely N-dealkylation sites (tertiary alicyclic amines) is 1. The van der Waals surface area contributed by atoms with Crippen LogP contribution in [0.5, 0.6) is 0 Å². The predicted molar refractivity (Wildman–Crippen MR) is 78.1 cm³/mol. The van der Waals surface area contributed by atoms with Crippen LogP contribution in [0.4, 0.5) is 0 Å². The molecule has 2 heteroatoms. The first-order chi connectivity index (χ1) is 9.34. The van der Waals surface area contributed by atoms with Gasteiger partial charge in [0.15, 0.2) is 0 Å². The zero-order valence-electron chi connectivity index (χ0n) is 11.1. The van der Waals surface area contributed by atoms with E-state index in [-0.39, 0.29) is 5.91 Å². The summed E-state index contributed by atoms with van der Waals surface area (Å²) in [6, 6.07) is 14.5. The van der Waals surface area contributed by atoms with Gasteiger partial charge in [0.25, 0.3) is 0 Å². The molecule has 0 spiro atoms. The van der Waals surface area contributed by atoms with Crippen molar-refractivity contribution in [1.29, 1.82) is 0 Å². The van der Waals surface area contributed by atoms with Crippen LogP contribution < -0.4 is 0 Å². The number of benzene rings is 2. The van der Waals surface area contributed by atoms with Crippen molar-refractivity contribution in [3.05, 3.63) is 48.0 Å². The summed E-state index contributed by atoms with van der Waals surface area (Å²) in [5.41, 5.74) is 1.15. The smallest absolute Gasteiger partial charge is 0.227 e. The van der Waals surface area contributed by atoms with Crippen molar-refractivity contribution in [2.45, 2.75) is 25.7 Å². The predicted octanol–water partition coefficient (Wildman–Crippen LogP) is 3.39. The lowest BCUT2D eigenvalue weighted by atomic mass is 10.0. The third-order valence-corrected chi connectivity index (χ3v) is 3.93. The van der Waals surface area contributed by atoms with Gasteiger partial charge in [0, 0.05) is 13.1 Å². The normalized spacial score (nSPS) is 15.7. The van der Waals surface area contributed by atoms with Gasteiger partial charge in [-0.15, -0.1) is 0 Å². The minimum Gasteiger partial charge on any atom is -0.342 e. The third-order valence-electron chi connectivity index (χ3n) is 3.93. The second kappa shape index (κ2) is 5.43. The summed E-state index contributed by atoms with van der Waals surface area (Å²) >= 11 is 0. The van der Waals surface area contributed by atoms with Gasteiger partial charge in [0.05, 0.1) is 6.42 Å². The second-order valence-corrected chi connectivity index (χ2v) is 5.26. The maximum atomic E-state index is 12.3. The topological polar surface area (TPSA) is 20.3 Å². The van der Waals surface area contributed by atoms with E-state index in [4.69, 9.17) is 0 Å². The van der Waals surface area contributed by atoms with Crippen molar-refractivity contribution >= 4 is 16.7 Å². The molecule has 0 aromatic heterocycles. The number of amides is 1. The average Bonchev–Trinajstić information content (AvgIpc) is 2.48. The maximum Gasteiger partial charge on any atom is 0.227 e. The van der Waals surface area contributed by atoms with Crippen molar-refractivity contribution in [1.82, 2.24) is 4.90 Å². The first-order valence-corrected chi connectivity index (χ1v) is 7.09. The number of fused-ring (bicyclic) bond motifs is 1. The molecular formula is C17H19NO. The first-order valence-electron chi connectivity index (χ1n) is 7.09. The molecule has 98 valence electrons. The molecule has 1 fully saturated rings. The van der Waals surface area contributed by atoms with Gasteiger partial charge in [-0.05, 0) is 35.6 Å². The summed E-state index contributed by atoms with van der Waals surface area (Å²) in [7, 11) is 0. The summed E-state index contributed by atoms with van der Waals surface area (Å²) in [6.45, 7) is 1.87. The Morgan fingerprint density at radius 3 is 2.53 bits per heavy atom. The fourth-order valence-corrected chi connectivity index (χ4v) is 2.86. The average molecular weight is 253 g/mol. The summed E-state index contributed by atoms with van der Waals surface area (Å²) in [6.07, 6.45) is 4.10. The number of nitrogens with zero attached hydrogens (tertiary/aromatic N) is 1. The molecule has 1 saturated heterocycles. The highest BCUT2D eigenvalue weighted by molar-refractivity contribution is 5.90. The van der Waals surface area contributed by atoms with Crippen molar-refractivity contribution in [2.24, 2.45) is 0 Å². The summed E-state index contributed by atoms with van der Waals surface area (Å²) in [4.78, 5) is 14.4. The Morgan fingerprint density at radius 2 is 1.68 bits per heavy atom. The van der Waals surface area contributed by atoms with Gasteiger partial charge in [-0.1, -0.05) is 42.5 Å². The van der Waals surface area contributed by atoms with Crippen LogP contribution in [0.15, 0.2) is 42.5 Å². The Bertz CT molecular complexity index is 579. The van der Waals surface area contributed by atoms with E-state index in [0.29, 0.717) is 6.42 Å². The highest BCUT2D eigenvalue weighted by atomic mass is 16.2. The first kappa shape index (κ1) is 12.2. The molecule has 19 heavy (non-hydrogen) atoms. The van der Waals surface area contributed by atoms with E-state index in [1.165, 1.54) is 17.2 Å². The van der Waals surface area contributed by atoms with Crippen molar-refractivity contribution in [2.75, 3.05) is 13.1 Å². The molecule has 0 radical (unpaired) electrons. The molecule has 1 aliphatic heterocycles. The lowest BCUT2D eigenvalue weighted by molar-refractivity contribution is -0.131. The highest BCUT2D eigenvalue weighted by Crippen LogP contribution is 2.20. The van der Waals surface area contributed by atoms with Gasteiger partial charge in [-0.3, -0.25) is 4.79 Å². The monoisotopic (exact) mass is 253 g/mol. The van der Waals surface area contributed by atoms with E-state index < -0.39 is 0 Å². The molecule has 0 saturated carbocycles.